The van der Waals surface area contributed by atoms with Crippen LogP contribution < -0.4 is 11.3 Å². The summed E-state index contributed by atoms with van der Waals surface area (Å²) in [6, 6.07) is 13.9. The van der Waals surface area contributed by atoms with Gasteiger partial charge in [-0.2, -0.15) is 8.42 Å². The van der Waals surface area contributed by atoms with Crippen molar-refractivity contribution in [3.8, 4) is 0 Å². The number of hydrogen-bond donors (Lipinski definition) is 3. The van der Waals surface area contributed by atoms with Crippen LogP contribution in [0.2, 0.25) is 0 Å². The van der Waals surface area contributed by atoms with Crippen LogP contribution in [-0.2, 0) is 10.1 Å². The summed E-state index contributed by atoms with van der Waals surface area (Å²) in [4.78, 5) is -0.194. The molecule has 0 aliphatic rings. The molecule has 0 heterocycles. The van der Waals surface area contributed by atoms with Crippen molar-refractivity contribution >= 4 is 28.0 Å². The summed E-state index contributed by atoms with van der Waals surface area (Å²) in [6.45, 7) is 0. The minimum Gasteiger partial charge on any atom is -0.324 e. The minimum absolute atomic E-state index is 0.194. The minimum atomic E-state index is -4.32. The lowest BCUT2D eigenvalue weighted by Crippen LogP contribution is -2.08. The highest BCUT2D eigenvalue weighted by molar-refractivity contribution is 7.86. The van der Waals surface area contributed by atoms with Crippen LogP contribution in [0.4, 0.5) is 5.69 Å². The average molecular weight is 290 g/mol. The van der Waals surface area contributed by atoms with Gasteiger partial charge in [0.15, 0.2) is 0 Å². The summed E-state index contributed by atoms with van der Waals surface area (Å²) in [7, 11) is -4.32. The first kappa shape index (κ1) is 14.3. The molecular formula is C14H14N2O3S. The molecule has 0 saturated carbocycles. The van der Waals surface area contributed by atoms with Crippen molar-refractivity contribution in [2.75, 3.05) is 5.43 Å². The molecule has 5 nitrogen and oxygen atoms in total. The lowest BCUT2D eigenvalue weighted by atomic mass is 10.1. The van der Waals surface area contributed by atoms with E-state index in [0.717, 1.165) is 5.56 Å². The maximum absolute atomic E-state index is 11.4. The second kappa shape index (κ2) is 5.87. The third-order valence-electron chi connectivity index (χ3n) is 2.71. The summed E-state index contributed by atoms with van der Waals surface area (Å²) in [5.74, 6) is 5.23. The average Bonchev–Trinajstić information content (AvgIpc) is 2.45. The van der Waals surface area contributed by atoms with Gasteiger partial charge in [0.25, 0.3) is 10.1 Å². The molecule has 0 spiro atoms. The molecule has 0 aliphatic heterocycles. The topological polar surface area (TPSA) is 92.4 Å². The lowest BCUT2D eigenvalue weighted by Gasteiger charge is -2.06. The first-order valence-electron chi connectivity index (χ1n) is 5.82. The Labute approximate surface area is 117 Å². The summed E-state index contributed by atoms with van der Waals surface area (Å²) in [5.41, 5.74) is 4.05. The van der Waals surface area contributed by atoms with Gasteiger partial charge in [0, 0.05) is 5.69 Å². The van der Waals surface area contributed by atoms with Crippen LogP contribution in [0.15, 0.2) is 53.4 Å². The van der Waals surface area contributed by atoms with Crippen molar-refractivity contribution < 1.29 is 13.0 Å². The van der Waals surface area contributed by atoms with Gasteiger partial charge in [0.2, 0.25) is 0 Å². The molecule has 2 aromatic rings. The second-order valence-corrected chi connectivity index (χ2v) is 5.51. The van der Waals surface area contributed by atoms with Crippen molar-refractivity contribution in [3.63, 3.8) is 0 Å². The molecule has 20 heavy (non-hydrogen) atoms. The number of nitrogen functional groups attached to an aromatic ring is 1. The van der Waals surface area contributed by atoms with E-state index < -0.39 is 10.1 Å². The Morgan fingerprint density at radius 3 is 2.35 bits per heavy atom. The third-order valence-corrected chi connectivity index (χ3v) is 3.62. The number of benzene rings is 2. The number of hydrogen-bond acceptors (Lipinski definition) is 4. The third kappa shape index (κ3) is 3.45. The molecule has 2 rings (SSSR count). The summed E-state index contributed by atoms with van der Waals surface area (Å²) in [5, 5.41) is 0. The van der Waals surface area contributed by atoms with Gasteiger partial charge in [-0.15, -0.1) is 0 Å². The Kier molecular flexibility index (Phi) is 4.19. The van der Waals surface area contributed by atoms with Gasteiger partial charge in [0.05, 0.1) is 0 Å². The van der Waals surface area contributed by atoms with E-state index in [0.29, 0.717) is 11.3 Å². The molecule has 0 bridgehead atoms. The normalized spacial score (nSPS) is 11.7. The first-order chi connectivity index (χ1) is 9.50. The first-order valence-corrected chi connectivity index (χ1v) is 7.26. The molecule has 0 radical (unpaired) electrons. The van der Waals surface area contributed by atoms with E-state index in [1.807, 2.05) is 30.3 Å². The molecule has 0 saturated heterocycles. The summed E-state index contributed by atoms with van der Waals surface area (Å²) >= 11 is 0. The Morgan fingerprint density at radius 1 is 1.05 bits per heavy atom. The highest BCUT2D eigenvalue weighted by atomic mass is 32.2. The fourth-order valence-electron chi connectivity index (χ4n) is 1.74. The molecule has 0 amide bonds. The molecule has 4 N–H and O–H groups in total. The van der Waals surface area contributed by atoms with E-state index in [-0.39, 0.29) is 4.90 Å². The van der Waals surface area contributed by atoms with Crippen molar-refractivity contribution in [2.45, 2.75) is 4.90 Å². The zero-order valence-electron chi connectivity index (χ0n) is 10.5. The van der Waals surface area contributed by atoms with Crippen molar-refractivity contribution in [3.05, 3.63) is 59.7 Å². The molecule has 0 fully saturated rings. The lowest BCUT2D eigenvalue weighted by molar-refractivity contribution is 0.483. The number of anilines is 1. The zero-order valence-corrected chi connectivity index (χ0v) is 11.3. The molecular weight excluding hydrogens is 276 g/mol. The van der Waals surface area contributed by atoms with Crippen LogP contribution in [0.25, 0.3) is 12.2 Å². The Bertz CT molecular complexity index is 725. The fourth-order valence-corrected chi connectivity index (χ4v) is 2.45. The molecule has 104 valence electrons. The molecule has 2 aromatic carbocycles. The number of nitrogens with two attached hydrogens (primary N) is 1. The summed E-state index contributed by atoms with van der Waals surface area (Å²) in [6.07, 6.45) is 3.39. The van der Waals surface area contributed by atoms with Crippen molar-refractivity contribution in [2.24, 2.45) is 5.84 Å². The van der Waals surface area contributed by atoms with Crippen molar-refractivity contribution in [1.29, 1.82) is 0 Å². The molecule has 0 atom stereocenters. The summed E-state index contributed by atoms with van der Waals surface area (Å²) < 4.78 is 32.0. The predicted molar refractivity (Wildman–Crippen MR) is 79.4 cm³/mol. The SMILES string of the molecule is NNc1ccc(C=Cc2ccccc2)c(S(=O)(=O)O)c1. The van der Waals surface area contributed by atoms with Gasteiger partial charge in [0.1, 0.15) is 4.90 Å². The van der Waals surface area contributed by atoms with E-state index in [1.54, 1.807) is 24.3 Å². The van der Waals surface area contributed by atoms with Crippen LogP contribution >= 0.6 is 0 Å². The molecule has 6 heteroatoms. The van der Waals surface area contributed by atoms with E-state index in [4.69, 9.17) is 5.84 Å². The Hall–Kier alpha value is -2.15. The zero-order chi connectivity index (χ0) is 14.6. The monoisotopic (exact) mass is 290 g/mol. The molecule has 0 aliphatic carbocycles. The van der Waals surface area contributed by atoms with E-state index in [9.17, 15) is 13.0 Å². The predicted octanol–water partition coefficient (Wildman–Crippen LogP) is 2.39. The Balaban J connectivity index is 2.44. The number of hydrazine groups is 1. The Morgan fingerprint density at radius 2 is 1.75 bits per heavy atom. The quantitative estimate of drug-likeness (QED) is 0.348. The van der Waals surface area contributed by atoms with E-state index in [2.05, 4.69) is 5.43 Å². The van der Waals surface area contributed by atoms with Gasteiger partial charge < -0.3 is 5.43 Å². The van der Waals surface area contributed by atoms with Crippen LogP contribution in [0.3, 0.4) is 0 Å². The van der Waals surface area contributed by atoms with Crippen LogP contribution in [0, 0.1) is 0 Å². The van der Waals surface area contributed by atoms with Crippen LogP contribution in [-0.4, -0.2) is 13.0 Å². The molecule has 0 unspecified atom stereocenters. The van der Waals surface area contributed by atoms with E-state index >= 15 is 0 Å². The smallest absolute Gasteiger partial charge is 0.295 e. The fraction of sp³-hybridized carbons (Fsp3) is 0. The van der Waals surface area contributed by atoms with Crippen LogP contribution in [0.5, 0.6) is 0 Å². The van der Waals surface area contributed by atoms with E-state index in [1.165, 1.54) is 6.07 Å². The highest BCUT2D eigenvalue weighted by Crippen LogP contribution is 2.22. The maximum Gasteiger partial charge on any atom is 0.295 e. The van der Waals surface area contributed by atoms with Gasteiger partial charge in [-0.25, -0.2) is 0 Å². The second-order valence-electron chi connectivity index (χ2n) is 4.12. The van der Waals surface area contributed by atoms with Crippen molar-refractivity contribution in [1.82, 2.24) is 0 Å². The highest BCUT2D eigenvalue weighted by Gasteiger charge is 2.14. The van der Waals surface area contributed by atoms with Gasteiger partial charge >= 0.3 is 0 Å². The maximum atomic E-state index is 11.4. The number of rotatable bonds is 4. The van der Waals surface area contributed by atoms with Crippen LogP contribution in [0.1, 0.15) is 11.1 Å². The standard InChI is InChI=1S/C14H14N2O3S/c15-16-13-9-8-12(14(10-13)20(17,18)19)7-6-11-4-2-1-3-5-11/h1-10,16H,15H2,(H,17,18,19). The van der Waals surface area contributed by atoms with Gasteiger partial charge in [-0.1, -0.05) is 48.6 Å². The molecule has 0 aromatic heterocycles. The largest absolute Gasteiger partial charge is 0.324 e. The van der Waals surface area contributed by atoms with Gasteiger partial charge in [-0.05, 0) is 23.3 Å². The van der Waals surface area contributed by atoms with Gasteiger partial charge in [-0.3, -0.25) is 10.4 Å². The number of nitrogens with one attached hydrogen (secondary N) is 1.